The number of ether oxygens (including phenoxy) is 1. The first-order valence-corrected chi connectivity index (χ1v) is 8.13. The second-order valence-electron chi connectivity index (χ2n) is 5.57. The molecule has 0 spiro atoms. The molecule has 3 aromatic rings. The molecule has 0 saturated carbocycles. The van der Waals surface area contributed by atoms with E-state index in [4.69, 9.17) is 4.74 Å². The molecule has 0 fully saturated rings. The molecule has 0 unspecified atom stereocenters. The summed E-state index contributed by atoms with van der Waals surface area (Å²) in [6, 6.07) is 7.64. The molecule has 0 aliphatic carbocycles. The van der Waals surface area contributed by atoms with Crippen molar-refractivity contribution in [2.24, 2.45) is 7.05 Å². The minimum atomic E-state index is -0.579. The number of aryl methyl sites for hydroxylation is 1. The first-order chi connectivity index (χ1) is 13.0. The third-order valence-electron chi connectivity index (χ3n) is 3.65. The molecule has 140 valence electrons. The molecule has 1 N–H and O–H groups in total. The van der Waals surface area contributed by atoms with Gasteiger partial charge in [0.1, 0.15) is 17.8 Å². The minimum absolute atomic E-state index is 0.0195. The van der Waals surface area contributed by atoms with Gasteiger partial charge in [0.15, 0.2) is 5.69 Å². The van der Waals surface area contributed by atoms with E-state index in [9.17, 15) is 14.0 Å². The van der Waals surface area contributed by atoms with Crippen LogP contribution in [0, 0.1) is 5.82 Å². The van der Waals surface area contributed by atoms with Gasteiger partial charge in [-0.2, -0.15) is 5.10 Å². The van der Waals surface area contributed by atoms with Gasteiger partial charge in [-0.25, -0.2) is 18.9 Å². The van der Waals surface area contributed by atoms with Crippen LogP contribution in [0.25, 0.3) is 0 Å². The highest BCUT2D eigenvalue weighted by atomic mass is 19.1. The number of nitrogens with one attached hydrogen (secondary N) is 1. The van der Waals surface area contributed by atoms with E-state index in [1.807, 2.05) is 0 Å². The van der Waals surface area contributed by atoms with Crippen LogP contribution in [0.3, 0.4) is 0 Å². The Morgan fingerprint density at radius 2 is 2.04 bits per heavy atom. The van der Waals surface area contributed by atoms with Crippen molar-refractivity contribution in [3.8, 4) is 0 Å². The molecule has 0 saturated heterocycles. The first-order valence-electron chi connectivity index (χ1n) is 8.13. The van der Waals surface area contributed by atoms with Crippen LogP contribution >= 0.6 is 0 Å². The summed E-state index contributed by atoms with van der Waals surface area (Å²) in [5, 5.41) is 10.6. The average Bonchev–Trinajstić information content (AvgIpc) is 3.23. The molecule has 1 aromatic carbocycles. The number of nitrogens with zero attached hydrogens (tertiary/aromatic N) is 5. The predicted molar refractivity (Wildman–Crippen MR) is 92.6 cm³/mol. The van der Waals surface area contributed by atoms with Crippen LogP contribution in [0.2, 0.25) is 0 Å². The summed E-state index contributed by atoms with van der Waals surface area (Å²) in [5.41, 5.74) is 0.620. The predicted octanol–water partition coefficient (Wildman–Crippen LogP) is 1.63. The van der Waals surface area contributed by atoms with Crippen LogP contribution in [0.1, 0.15) is 33.5 Å². The monoisotopic (exact) mass is 372 g/mol. The Balaban J connectivity index is 1.68. The van der Waals surface area contributed by atoms with Crippen molar-refractivity contribution in [1.29, 1.82) is 0 Å². The Bertz CT molecular complexity index is 981. The molecule has 10 heteroatoms. The van der Waals surface area contributed by atoms with Gasteiger partial charge in [-0.3, -0.25) is 14.8 Å². The number of halogens is 1. The number of aromatic nitrogens is 5. The fourth-order valence-electron chi connectivity index (χ4n) is 2.37. The minimum Gasteiger partial charge on any atom is -0.461 e. The lowest BCUT2D eigenvalue weighted by Gasteiger charge is -2.02. The number of hydrogen-bond acceptors (Lipinski definition) is 6. The van der Waals surface area contributed by atoms with E-state index in [0.717, 1.165) is 0 Å². The number of esters is 1. The second kappa shape index (κ2) is 7.77. The van der Waals surface area contributed by atoms with E-state index in [-0.39, 0.29) is 36.3 Å². The lowest BCUT2D eigenvalue weighted by Crippen LogP contribution is -2.14. The molecule has 0 atom stereocenters. The number of anilines is 1. The largest absolute Gasteiger partial charge is 0.461 e. The highest BCUT2D eigenvalue weighted by Crippen LogP contribution is 2.10. The number of hydrogen-bond donors (Lipinski definition) is 1. The summed E-state index contributed by atoms with van der Waals surface area (Å²) in [4.78, 5) is 28.1. The normalized spacial score (nSPS) is 10.6. The van der Waals surface area contributed by atoms with Gasteiger partial charge in [0.25, 0.3) is 5.91 Å². The SMILES string of the molecule is CCOC(=O)c1cc(C(=O)Nc2ncn(Cc3ccccc3F)n2)nn1C. The van der Waals surface area contributed by atoms with E-state index >= 15 is 0 Å². The summed E-state index contributed by atoms with van der Waals surface area (Å²) in [6.07, 6.45) is 1.38. The van der Waals surface area contributed by atoms with E-state index in [0.29, 0.717) is 5.56 Å². The molecular formula is C17H17FN6O3. The summed E-state index contributed by atoms with van der Waals surface area (Å²) in [6.45, 7) is 2.08. The van der Waals surface area contributed by atoms with Gasteiger partial charge >= 0.3 is 5.97 Å². The lowest BCUT2D eigenvalue weighted by atomic mass is 10.2. The Morgan fingerprint density at radius 3 is 2.78 bits per heavy atom. The van der Waals surface area contributed by atoms with Crippen LogP contribution in [-0.4, -0.2) is 43.0 Å². The Morgan fingerprint density at radius 1 is 1.26 bits per heavy atom. The third-order valence-corrected chi connectivity index (χ3v) is 3.65. The number of carbonyl (C=O) groups is 2. The van der Waals surface area contributed by atoms with Crippen LogP contribution in [0.15, 0.2) is 36.7 Å². The highest BCUT2D eigenvalue weighted by Gasteiger charge is 2.19. The Hall–Kier alpha value is -3.56. The molecule has 3 rings (SSSR count). The number of carbonyl (C=O) groups excluding carboxylic acids is 2. The van der Waals surface area contributed by atoms with E-state index in [1.54, 1.807) is 25.1 Å². The maximum Gasteiger partial charge on any atom is 0.356 e. The smallest absolute Gasteiger partial charge is 0.356 e. The van der Waals surface area contributed by atoms with Crippen LogP contribution in [0.5, 0.6) is 0 Å². The van der Waals surface area contributed by atoms with E-state index in [1.165, 1.54) is 34.9 Å². The highest BCUT2D eigenvalue weighted by molar-refractivity contribution is 6.03. The molecule has 0 aliphatic rings. The molecule has 0 aliphatic heterocycles. The van der Waals surface area contributed by atoms with Crippen molar-refractivity contribution in [2.45, 2.75) is 13.5 Å². The Kier molecular flexibility index (Phi) is 5.25. The van der Waals surface area contributed by atoms with Crippen molar-refractivity contribution in [3.63, 3.8) is 0 Å². The zero-order valence-corrected chi connectivity index (χ0v) is 14.7. The number of amides is 1. The third kappa shape index (κ3) is 4.17. The summed E-state index contributed by atoms with van der Waals surface area (Å²) >= 11 is 0. The molecular weight excluding hydrogens is 355 g/mol. The van der Waals surface area contributed by atoms with Gasteiger partial charge in [-0.05, 0) is 13.0 Å². The fourth-order valence-corrected chi connectivity index (χ4v) is 2.37. The maximum absolute atomic E-state index is 13.7. The van der Waals surface area contributed by atoms with Crippen molar-refractivity contribution < 1.29 is 18.7 Å². The summed E-state index contributed by atoms with van der Waals surface area (Å²) in [7, 11) is 1.53. The molecule has 0 radical (unpaired) electrons. The number of benzene rings is 1. The van der Waals surface area contributed by atoms with Crippen molar-refractivity contribution >= 4 is 17.8 Å². The maximum atomic E-state index is 13.7. The van der Waals surface area contributed by atoms with Gasteiger partial charge < -0.3 is 4.74 Å². The lowest BCUT2D eigenvalue weighted by molar-refractivity contribution is 0.0513. The van der Waals surface area contributed by atoms with E-state index < -0.39 is 11.9 Å². The number of rotatable bonds is 6. The van der Waals surface area contributed by atoms with Crippen LogP contribution < -0.4 is 5.32 Å². The van der Waals surface area contributed by atoms with Crippen LogP contribution in [-0.2, 0) is 18.3 Å². The molecule has 1 amide bonds. The van der Waals surface area contributed by atoms with Gasteiger partial charge in [0.05, 0.1) is 13.2 Å². The van der Waals surface area contributed by atoms with Gasteiger partial charge in [0, 0.05) is 18.7 Å². The second-order valence-corrected chi connectivity index (χ2v) is 5.57. The molecule has 0 bridgehead atoms. The van der Waals surface area contributed by atoms with E-state index in [2.05, 4.69) is 20.5 Å². The standard InChI is InChI=1S/C17H17FN6O3/c1-3-27-16(26)14-8-13(21-23(14)2)15(25)20-17-19-10-24(22-17)9-11-6-4-5-7-12(11)18/h4-8,10H,3,9H2,1-2H3,(H,20,22,25). The van der Waals surface area contributed by atoms with Crippen LogP contribution in [0.4, 0.5) is 10.3 Å². The van der Waals surface area contributed by atoms with Crippen molar-refractivity contribution in [3.05, 3.63) is 59.4 Å². The van der Waals surface area contributed by atoms with Gasteiger partial charge in [-0.1, -0.05) is 18.2 Å². The van der Waals surface area contributed by atoms with Crippen molar-refractivity contribution in [1.82, 2.24) is 24.5 Å². The molecule has 9 nitrogen and oxygen atoms in total. The molecule has 27 heavy (non-hydrogen) atoms. The molecule has 2 aromatic heterocycles. The zero-order valence-electron chi connectivity index (χ0n) is 14.7. The molecule has 2 heterocycles. The van der Waals surface area contributed by atoms with Gasteiger partial charge in [0.2, 0.25) is 5.95 Å². The first kappa shape index (κ1) is 18.2. The quantitative estimate of drug-likeness (QED) is 0.660. The zero-order chi connectivity index (χ0) is 19.4. The van der Waals surface area contributed by atoms with Gasteiger partial charge in [-0.15, -0.1) is 5.10 Å². The summed E-state index contributed by atoms with van der Waals surface area (Å²) in [5.74, 6) is -1.46. The average molecular weight is 372 g/mol. The Labute approximate surface area is 153 Å². The van der Waals surface area contributed by atoms with Crippen molar-refractivity contribution in [2.75, 3.05) is 11.9 Å². The topological polar surface area (TPSA) is 104 Å². The summed E-state index contributed by atoms with van der Waals surface area (Å²) < 4.78 is 21.3. The fraction of sp³-hybridized carbons (Fsp3) is 0.235.